The summed E-state index contributed by atoms with van der Waals surface area (Å²) in [6.45, 7) is 0. The van der Waals surface area contributed by atoms with E-state index in [1.807, 2.05) is 0 Å². The summed E-state index contributed by atoms with van der Waals surface area (Å²) in [7, 11) is 0. The third-order valence-corrected chi connectivity index (χ3v) is 2.99. The lowest BCUT2D eigenvalue weighted by Crippen LogP contribution is -2.29. The summed E-state index contributed by atoms with van der Waals surface area (Å²) >= 11 is 0. The number of non-ortho nitro benzene ring substituents is 1. The van der Waals surface area contributed by atoms with Gasteiger partial charge in [-0.05, 0) is 5.56 Å². The van der Waals surface area contributed by atoms with Crippen LogP contribution in [0.15, 0.2) is 30.6 Å². The number of fused-ring (bicyclic) bond motifs is 1. The number of carbonyl (C=O) groups excluding carboxylic acids is 1. The Hall–Kier alpha value is -2.77. The molecule has 19 heavy (non-hydrogen) atoms. The number of carbonyl (C=O) groups is 1. The fourth-order valence-electron chi connectivity index (χ4n) is 2.08. The van der Waals surface area contributed by atoms with Crippen molar-refractivity contribution in [1.29, 1.82) is 0 Å². The Morgan fingerprint density at radius 3 is 2.79 bits per heavy atom. The van der Waals surface area contributed by atoms with Crippen molar-refractivity contribution in [1.82, 2.24) is 14.8 Å². The normalized spacial score (nSPS) is 17.7. The van der Waals surface area contributed by atoms with Crippen LogP contribution in [0.2, 0.25) is 0 Å². The highest BCUT2D eigenvalue weighted by Crippen LogP contribution is 2.29. The molecule has 1 aliphatic rings. The van der Waals surface area contributed by atoms with Gasteiger partial charge in [-0.3, -0.25) is 20.2 Å². The van der Waals surface area contributed by atoms with Crippen molar-refractivity contribution in [2.24, 2.45) is 0 Å². The number of benzene rings is 1. The molecule has 0 bridgehead atoms. The van der Waals surface area contributed by atoms with Gasteiger partial charge in [0.15, 0.2) is 0 Å². The maximum atomic E-state index is 11.6. The van der Waals surface area contributed by atoms with Crippen LogP contribution in [0, 0.1) is 10.1 Å². The molecule has 1 aromatic carbocycles. The highest BCUT2D eigenvalue weighted by Gasteiger charge is 2.27. The molecule has 3 rings (SSSR count). The number of anilines is 1. The Morgan fingerprint density at radius 1 is 1.37 bits per heavy atom. The predicted octanol–water partition coefficient (Wildman–Crippen LogP) is 1.12. The molecule has 1 aliphatic heterocycles. The third-order valence-electron chi connectivity index (χ3n) is 2.99. The summed E-state index contributed by atoms with van der Waals surface area (Å²) in [5, 5.41) is 17.3. The Balaban J connectivity index is 1.99. The molecule has 1 atom stereocenters. The maximum absolute atomic E-state index is 11.6. The van der Waals surface area contributed by atoms with Crippen LogP contribution in [0.5, 0.6) is 0 Å². The van der Waals surface area contributed by atoms with Gasteiger partial charge >= 0.3 is 0 Å². The Bertz CT molecular complexity index is 649. The van der Waals surface area contributed by atoms with Gasteiger partial charge in [-0.1, -0.05) is 12.1 Å². The molecule has 0 fully saturated rings. The standard InChI is InChI=1S/C11H9N5O3/c17-10-5-9(15-11(14-10)12-6-13-15)7-1-3-8(4-2-7)16(18)19/h1-4,6,9H,5H2,(H,12,13,14,17). The van der Waals surface area contributed by atoms with E-state index in [0.29, 0.717) is 5.95 Å². The molecule has 0 radical (unpaired) electrons. The van der Waals surface area contributed by atoms with Gasteiger partial charge < -0.3 is 0 Å². The Morgan fingerprint density at radius 2 is 2.11 bits per heavy atom. The second kappa shape index (κ2) is 4.16. The van der Waals surface area contributed by atoms with Crippen LogP contribution >= 0.6 is 0 Å². The topological polar surface area (TPSA) is 103 Å². The molecule has 0 saturated carbocycles. The molecule has 96 valence electrons. The summed E-state index contributed by atoms with van der Waals surface area (Å²) in [6.07, 6.45) is 1.59. The van der Waals surface area contributed by atoms with E-state index in [2.05, 4.69) is 15.4 Å². The highest BCUT2D eigenvalue weighted by molar-refractivity contribution is 5.91. The van der Waals surface area contributed by atoms with Gasteiger partial charge in [0, 0.05) is 12.1 Å². The van der Waals surface area contributed by atoms with Crippen LogP contribution in [0.25, 0.3) is 0 Å². The fraction of sp³-hybridized carbons (Fsp3) is 0.182. The van der Waals surface area contributed by atoms with E-state index >= 15 is 0 Å². The van der Waals surface area contributed by atoms with E-state index in [4.69, 9.17) is 0 Å². The van der Waals surface area contributed by atoms with Crippen molar-refractivity contribution in [2.45, 2.75) is 12.5 Å². The van der Waals surface area contributed by atoms with Crippen LogP contribution in [0.3, 0.4) is 0 Å². The van der Waals surface area contributed by atoms with Crippen molar-refractivity contribution in [3.05, 3.63) is 46.3 Å². The largest absolute Gasteiger partial charge is 0.295 e. The molecule has 1 aromatic heterocycles. The van der Waals surface area contributed by atoms with Crippen LogP contribution < -0.4 is 5.32 Å². The summed E-state index contributed by atoms with van der Waals surface area (Å²) in [5.41, 5.74) is 0.801. The van der Waals surface area contributed by atoms with Gasteiger partial charge in [0.05, 0.1) is 17.4 Å². The van der Waals surface area contributed by atoms with E-state index in [-0.39, 0.29) is 24.1 Å². The Kier molecular flexibility index (Phi) is 2.48. The first-order valence-electron chi connectivity index (χ1n) is 5.59. The quantitative estimate of drug-likeness (QED) is 0.643. The second-order valence-electron chi connectivity index (χ2n) is 4.14. The zero-order valence-corrected chi connectivity index (χ0v) is 9.68. The van der Waals surface area contributed by atoms with Crippen molar-refractivity contribution in [2.75, 3.05) is 5.32 Å². The number of nitrogens with one attached hydrogen (secondary N) is 1. The van der Waals surface area contributed by atoms with Gasteiger partial charge in [0.2, 0.25) is 11.9 Å². The van der Waals surface area contributed by atoms with Crippen molar-refractivity contribution < 1.29 is 9.72 Å². The zero-order valence-electron chi connectivity index (χ0n) is 9.68. The molecule has 2 aromatic rings. The monoisotopic (exact) mass is 259 g/mol. The fourth-order valence-corrected chi connectivity index (χ4v) is 2.08. The first kappa shape index (κ1) is 11.3. The number of nitro groups is 1. The number of rotatable bonds is 2. The van der Waals surface area contributed by atoms with Crippen LogP contribution in [-0.4, -0.2) is 25.6 Å². The average Bonchev–Trinajstić information content (AvgIpc) is 2.85. The van der Waals surface area contributed by atoms with Crippen molar-refractivity contribution in [3.8, 4) is 0 Å². The summed E-state index contributed by atoms with van der Waals surface area (Å²) in [6, 6.07) is 5.81. The summed E-state index contributed by atoms with van der Waals surface area (Å²) < 4.78 is 1.60. The Labute approximate surface area is 107 Å². The van der Waals surface area contributed by atoms with E-state index in [9.17, 15) is 14.9 Å². The molecule has 8 nitrogen and oxygen atoms in total. The van der Waals surface area contributed by atoms with E-state index < -0.39 is 4.92 Å². The lowest BCUT2D eigenvalue weighted by molar-refractivity contribution is -0.384. The first-order chi connectivity index (χ1) is 9.15. The number of hydrogen-bond acceptors (Lipinski definition) is 5. The number of amides is 1. The number of hydrogen-bond donors (Lipinski definition) is 1. The molecule has 0 spiro atoms. The molecule has 1 N–H and O–H groups in total. The molecular weight excluding hydrogens is 250 g/mol. The molecule has 1 amide bonds. The number of aromatic nitrogens is 3. The zero-order chi connectivity index (χ0) is 13.4. The highest BCUT2D eigenvalue weighted by atomic mass is 16.6. The molecule has 0 aliphatic carbocycles. The van der Waals surface area contributed by atoms with Gasteiger partial charge in [-0.15, -0.1) is 0 Å². The second-order valence-corrected chi connectivity index (χ2v) is 4.14. The lowest BCUT2D eigenvalue weighted by Gasteiger charge is -2.23. The predicted molar refractivity (Wildman–Crippen MR) is 64.5 cm³/mol. The molecular formula is C11H9N5O3. The van der Waals surface area contributed by atoms with Crippen molar-refractivity contribution in [3.63, 3.8) is 0 Å². The minimum absolute atomic E-state index is 0.0165. The molecule has 2 heterocycles. The summed E-state index contributed by atoms with van der Waals surface area (Å²) in [5.74, 6) is 0.239. The lowest BCUT2D eigenvalue weighted by atomic mass is 10.0. The third kappa shape index (κ3) is 1.92. The average molecular weight is 259 g/mol. The smallest absolute Gasteiger partial charge is 0.269 e. The van der Waals surface area contributed by atoms with E-state index in [1.54, 1.807) is 16.8 Å². The van der Waals surface area contributed by atoms with Crippen LogP contribution in [0.1, 0.15) is 18.0 Å². The van der Waals surface area contributed by atoms with Gasteiger partial charge in [-0.25, -0.2) is 4.68 Å². The minimum Gasteiger partial charge on any atom is -0.295 e. The SMILES string of the molecule is O=C1CC(c2ccc([N+](=O)[O-])cc2)n2ncnc2N1. The van der Waals surface area contributed by atoms with Gasteiger partial charge in [0.25, 0.3) is 5.69 Å². The number of nitro benzene ring substituents is 1. The maximum Gasteiger partial charge on any atom is 0.269 e. The van der Waals surface area contributed by atoms with Gasteiger partial charge in [0.1, 0.15) is 6.33 Å². The summed E-state index contributed by atoms with van der Waals surface area (Å²) in [4.78, 5) is 25.7. The van der Waals surface area contributed by atoms with Crippen LogP contribution in [-0.2, 0) is 4.79 Å². The number of nitrogens with zero attached hydrogens (tertiary/aromatic N) is 4. The molecule has 8 heteroatoms. The van der Waals surface area contributed by atoms with E-state index in [0.717, 1.165) is 5.56 Å². The molecule has 1 unspecified atom stereocenters. The molecule has 0 saturated heterocycles. The van der Waals surface area contributed by atoms with E-state index in [1.165, 1.54) is 18.5 Å². The first-order valence-corrected chi connectivity index (χ1v) is 5.59. The van der Waals surface area contributed by atoms with Crippen LogP contribution in [0.4, 0.5) is 11.6 Å². The van der Waals surface area contributed by atoms with Crippen molar-refractivity contribution >= 4 is 17.5 Å². The van der Waals surface area contributed by atoms with Gasteiger partial charge in [-0.2, -0.15) is 10.1 Å². The minimum atomic E-state index is -0.460.